The van der Waals surface area contributed by atoms with Gasteiger partial charge in [-0.15, -0.1) is 11.3 Å². The molecule has 1 fully saturated rings. The first kappa shape index (κ1) is 18.2. The number of urea groups is 1. The summed E-state index contributed by atoms with van der Waals surface area (Å²) in [4.78, 5) is 17.7. The number of nitrogens with zero attached hydrogens (tertiary/aromatic N) is 1. The second kappa shape index (κ2) is 8.64. The molecule has 2 rings (SSSR count). The van der Waals surface area contributed by atoms with Gasteiger partial charge in [0.05, 0.1) is 12.1 Å². The summed E-state index contributed by atoms with van der Waals surface area (Å²) >= 11 is 1.62. The van der Waals surface area contributed by atoms with Crippen LogP contribution in [0.1, 0.15) is 62.4 Å². The largest absolute Gasteiger partial charge is 0.378 e. The van der Waals surface area contributed by atoms with Crippen molar-refractivity contribution in [1.29, 1.82) is 0 Å². The summed E-state index contributed by atoms with van der Waals surface area (Å²) in [6, 6.07) is 0.0171. The van der Waals surface area contributed by atoms with Gasteiger partial charge in [-0.25, -0.2) is 9.78 Å². The maximum absolute atomic E-state index is 12.2. The number of ether oxygens (including phenoxy) is 1. The predicted octanol–water partition coefficient (Wildman–Crippen LogP) is 3.80. The summed E-state index contributed by atoms with van der Waals surface area (Å²) in [6.07, 6.45) is 6.15. The highest BCUT2D eigenvalue weighted by atomic mass is 32.1. The van der Waals surface area contributed by atoms with E-state index in [0.717, 1.165) is 42.2 Å². The summed E-state index contributed by atoms with van der Waals surface area (Å²) in [5.74, 6) is 0.583. The second-order valence-corrected chi connectivity index (χ2v) is 7.62. The SMILES string of the molecule is CCC(CC)[C@@H]1C[C@@H](NC(=O)N[C@H](C)c2ncc(C)s2)CCO1. The minimum atomic E-state index is -0.111. The number of nitrogens with one attached hydrogen (secondary N) is 2. The molecule has 0 bridgehead atoms. The fourth-order valence-electron chi connectivity index (χ4n) is 3.16. The topological polar surface area (TPSA) is 63.2 Å². The van der Waals surface area contributed by atoms with Gasteiger partial charge in [-0.3, -0.25) is 0 Å². The number of carbonyl (C=O) groups excluding carboxylic acids is 1. The molecular formula is C17H29N3O2S. The number of amides is 2. The Labute approximate surface area is 143 Å². The third-order valence-corrected chi connectivity index (χ3v) is 5.68. The molecule has 6 heteroatoms. The summed E-state index contributed by atoms with van der Waals surface area (Å²) in [5.41, 5.74) is 0. The molecule has 0 spiro atoms. The average Bonchev–Trinajstić information content (AvgIpc) is 2.95. The predicted molar refractivity (Wildman–Crippen MR) is 93.8 cm³/mol. The summed E-state index contributed by atoms with van der Waals surface area (Å²) in [5, 5.41) is 7.04. The van der Waals surface area contributed by atoms with Crippen molar-refractivity contribution < 1.29 is 9.53 Å². The van der Waals surface area contributed by atoms with Crippen molar-refractivity contribution in [2.75, 3.05) is 6.61 Å². The van der Waals surface area contributed by atoms with Crippen molar-refractivity contribution in [3.05, 3.63) is 16.1 Å². The highest BCUT2D eigenvalue weighted by Gasteiger charge is 2.28. The van der Waals surface area contributed by atoms with Gasteiger partial charge < -0.3 is 15.4 Å². The standard InChI is InChI=1S/C17H29N3O2S/c1-5-13(6-2)15-9-14(7-8-22-15)20-17(21)19-12(4)16-18-10-11(3)23-16/h10,12-15H,5-9H2,1-4H3,(H2,19,20,21)/t12-,14+,15+/m1/s1. The van der Waals surface area contributed by atoms with E-state index in [1.54, 1.807) is 11.3 Å². The molecule has 5 nitrogen and oxygen atoms in total. The number of rotatable bonds is 6. The number of hydrogen-bond acceptors (Lipinski definition) is 4. The van der Waals surface area contributed by atoms with Crippen LogP contribution in [0.4, 0.5) is 4.79 Å². The molecular weight excluding hydrogens is 310 g/mol. The van der Waals surface area contributed by atoms with Crippen LogP contribution in [0.25, 0.3) is 0 Å². The van der Waals surface area contributed by atoms with Gasteiger partial charge in [0.1, 0.15) is 5.01 Å². The van der Waals surface area contributed by atoms with E-state index in [2.05, 4.69) is 29.5 Å². The summed E-state index contributed by atoms with van der Waals surface area (Å²) < 4.78 is 5.91. The van der Waals surface area contributed by atoms with E-state index in [1.165, 1.54) is 0 Å². The Bertz CT molecular complexity index is 502. The smallest absolute Gasteiger partial charge is 0.315 e. The number of carbonyl (C=O) groups is 1. The van der Waals surface area contributed by atoms with Crippen molar-refractivity contribution in [2.24, 2.45) is 5.92 Å². The van der Waals surface area contributed by atoms with Crippen LogP contribution >= 0.6 is 11.3 Å². The zero-order valence-corrected chi connectivity index (χ0v) is 15.4. The third-order valence-electron chi connectivity index (χ3n) is 4.58. The van der Waals surface area contributed by atoms with Crippen molar-refractivity contribution in [1.82, 2.24) is 15.6 Å². The zero-order valence-electron chi connectivity index (χ0n) is 14.6. The monoisotopic (exact) mass is 339 g/mol. The first-order valence-electron chi connectivity index (χ1n) is 8.64. The van der Waals surface area contributed by atoms with Crippen LogP contribution in [-0.2, 0) is 4.74 Å². The molecule has 1 aromatic heterocycles. The minimum absolute atomic E-state index is 0.0663. The lowest BCUT2D eigenvalue weighted by Crippen LogP contribution is -2.48. The van der Waals surface area contributed by atoms with E-state index >= 15 is 0 Å². The van der Waals surface area contributed by atoms with E-state index in [9.17, 15) is 4.79 Å². The quantitative estimate of drug-likeness (QED) is 0.829. The molecule has 1 aliphatic heterocycles. The van der Waals surface area contributed by atoms with Gasteiger partial charge in [-0.2, -0.15) is 0 Å². The molecule has 0 aliphatic carbocycles. The van der Waals surface area contributed by atoms with Crippen LogP contribution in [0.5, 0.6) is 0 Å². The molecule has 0 unspecified atom stereocenters. The van der Waals surface area contributed by atoms with Crippen LogP contribution in [0, 0.1) is 12.8 Å². The van der Waals surface area contributed by atoms with Gasteiger partial charge in [0, 0.05) is 23.7 Å². The van der Waals surface area contributed by atoms with E-state index in [0.29, 0.717) is 5.92 Å². The first-order chi connectivity index (χ1) is 11.0. The highest BCUT2D eigenvalue weighted by molar-refractivity contribution is 7.11. The Balaban J connectivity index is 1.82. The van der Waals surface area contributed by atoms with Crippen LogP contribution in [0.3, 0.4) is 0 Å². The van der Waals surface area contributed by atoms with Crippen molar-refractivity contribution in [3.63, 3.8) is 0 Å². The molecule has 0 aromatic carbocycles. The molecule has 0 radical (unpaired) electrons. The summed E-state index contributed by atoms with van der Waals surface area (Å²) in [7, 11) is 0. The highest BCUT2D eigenvalue weighted by Crippen LogP contribution is 2.25. The fraction of sp³-hybridized carbons (Fsp3) is 0.765. The number of thiazole rings is 1. The Hall–Kier alpha value is -1.14. The van der Waals surface area contributed by atoms with Gasteiger partial charge in [0.2, 0.25) is 0 Å². The Morgan fingerprint density at radius 1 is 1.48 bits per heavy atom. The van der Waals surface area contributed by atoms with Crippen LogP contribution in [0.15, 0.2) is 6.20 Å². The fourth-order valence-corrected chi connectivity index (χ4v) is 3.94. The Morgan fingerprint density at radius 2 is 2.22 bits per heavy atom. The molecule has 2 amide bonds. The molecule has 23 heavy (non-hydrogen) atoms. The second-order valence-electron chi connectivity index (χ2n) is 6.36. The Morgan fingerprint density at radius 3 is 2.83 bits per heavy atom. The van der Waals surface area contributed by atoms with Crippen molar-refractivity contribution in [3.8, 4) is 0 Å². The molecule has 1 aliphatic rings. The molecule has 3 atom stereocenters. The van der Waals surface area contributed by atoms with Gasteiger partial charge in [-0.05, 0) is 32.6 Å². The number of aromatic nitrogens is 1. The van der Waals surface area contributed by atoms with Gasteiger partial charge >= 0.3 is 6.03 Å². The lowest BCUT2D eigenvalue weighted by atomic mass is 9.89. The lowest BCUT2D eigenvalue weighted by Gasteiger charge is -2.34. The minimum Gasteiger partial charge on any atom is -0.378 e. The molecule has 130 valence electrons. The van der Waals surface area contributed by atoms with E-state index in [4.69, 9.17) is 4.74 Å². The van der Waals surface area contributed by atoms with Crippen molar-refractivity contribution >= 4 is 17.4 Å². The molecule has 1 aromatic rings. The van der Waals surface area contributed by atoms with Crippen LogP contribution < -0.4 is 10.6 Å². The molecule has 1 saturated heterocycles. The van der Waals surface area contributed by atoms with E-state index in [1.807, 2.05) is 20.0 Å². The normalized spacial score (nSPS) is 22.8. The number of hydrogen-bond donors (Lipinski definition) is 2. The third kappa shape index (κ3) is 5.18. The maximum atomic E-state index is 12.2. The van der Waals surface area contributed by atoms with Crippen LogP contribution in [0.2, 0.25) is 0 Å². The first-order valence-corrected chi connectivity index (χ1v) is 9.46. The zero-order chi connectivity index (χ0) is 16.8. The number of aryl methyl sites for hydroxylation is 1. The van der Waals surface area contributed by atoms with Crippen LogP contribution in [-0.4, -0.2) is 29.8 Å². The van der Waals surface area contributed by atoms with Crippen molar-refractivity contribution in [2.45, 2.75) is 71.6 Å². The molecule has 2 heterocycles. The van der Waals surface area contributed by atoms with Gasteiger partial charge in [0.25, 0.3) is 0 Å². The average molecular weight is 340 g/mol. The van der Waals surface area contributed by atoms with E-state index < -0.39 is 0 Å². The molecule has 0 saturated carbocycles. The van der Waals surface area contributed by atoms with E-state index in [-0.39, 0.29) is 24.2 Å². The van der Waals surface area contributed by atoms with Gasteiger partial charge in [-0.1, -0.05) is 26.7 Å². The summed E-state index contributed by atoms with van der Waals surface area (Å²) in [6.45, 7) is 9.13. The Kier molecular flexibility index (Phi) is 6.84. The van der Waals surface area contributed by atoms with Gasteiger partial charge in [0.15, 0.2) is 0 Å². The lowest BCUT2D eigenvalue weighted by molar-refractivity contribution is -0.0331. The maximum Gasteiger partial charge on any atom is 0.315 e. The molecule has 2 N–H and O–H groups in total.